The number of hydrogen-bond donors (Lipinski definition) is 0. The summed E-state index contributed by atoms with van der Waals surface area (Å²) in [5.41, 5.74) is 3.00. The molecule has 0 spiro atoms. The predicted octanol–water partition coefficient (Wildman–Crippen LogP) is 4.51. The molecule has 1 aromatic heterocycles. The monoisotopic (exact) mass is 269 g/mol. The quantitative estimate of drug-likeness (QED) is 0.770. The molecule has 1 fully saturated rings. The lowest BCUT2D eigenvalue weighted by molar-refractivity contribution is 0.110. The van der Waals surface area contributed by atoms with Gasteiger partial charge >= 0.3 is 0 Å². The summed E-state index contributed by atoms with van der Waals surface area (Å²) in [6.45, 7) is 1.76. The molecular weight excluding hydrogens is 250 g/mol. The van der Waals surface area contributed by atoms with Gasteiger partial charge in [0.1, 0.15) is 5.69 Å². The topological polar surface area (TPSA) is 43.1 Å². The number of aromatic nitrogens is 1. The minimum atomic E-state index is 0.313. The van der Waals surface area contributed by atoms with Crippen LogP contribution in [0.5, 0.6) is 0 Å². The van der Waals surface area contributed by atoms with Crippen molar-refractivity contribution < 1.29 is 9.21 Å². The molecule has 2 aromatic rings. The van der Waals surface area contributed by atoms with E-state index in [1.54, 1.807) is 6.92 Å². The Labute approximate surface area is 119 Å². The van der Waals surface area contributed by atoms with E-state index < -0.39 is 0 Å². The van der Waals surface area contributed by atoms with Crippen LogP contribution in [0.4, 0.5) is 0 Å². The number of benzene rings is 1. The smallest absolute Gasteiger partial charge is 0.195 e. The van der Waals surface area contributed by atoms with E-state index in [-0.39, 0.29) is 0 Å². The summed E-state index contributed by atoms with van der Waals surface area (Å²) < 4.78 is 5.29. The average Bonchev–Trinajstić information content (AvgIpc) is 2.89. The lowest BCUT2D eigenvalue weighted by Gasteiger charge is -2.22. The van der Waals surface area contributed by atoms with Gasteiger partial charge in [-0.15, -0.1) is 0 Å². The van der Waals surface area contributed by atoms with Gasteiger partial charge in [-0.3, -0.25) is 4.79 Å². The van der Waals surface area contributed by atoms with Crippen LogP contribution >= 0.6 is 0 Å². The zero-order valence-corrected chi connectivity index (χ0v) is 11.8. The molecule has 0 saturated heterocycles. The minimum Gasteiger partial charge on any atom is -0.438 e. The normalized spacial score (nSPS) is 16.2. The summed E-state index contributed by atoms with van der Waals surface area (Å²) in [5, 5.41) is 0. The Hall–Kier alpha value is -1.90. The Balaban J connectivity index is 1.86. The fourth-order valence-corrected chi connectivity index (χ4v) is 3.08. The fourth-order valence-electron chi connectivity index (χ4n) is 3.08. The molecule has 1 aliphatic rings. The molecule has 1 heterocycles. The van der Waals surface area contributed by atoms with Gasteiger partial charge in [0.25, 0.3) is 0 Å². The van der Waals surface area contributed by atoms with Crippen LogP contribution in [0, 0.1) is 6.92 Å². The van der Waals surface area contributed by atoms with Gasteiger partial charge in [-0.1, -0.05) is 43.5 Å². The Bertz CT molecular complexity index is 592. The molecule has 20 heavy (non-hydrogen) atoms. The first-order chi connectivity index (χ1) is 9.78. The van der Waals surface area contributed by atoms with Gasteiger partial charge < -0.3 is 4.42 Å². The molecule has 0 amide bonds. The van der Waals surface area contributed by atoms with Crippen LogP contribution in [-0.4, -0.2) is 11.3 Å². The Morgan fingerprint density at radius 3 is 2.50 bits per heavy atom. The molecule has 0 radical (unpaired) electrons. The number of carbonyl (C=O) groups is 1. The van der Waals surface area contributed by atoms with E-state index in [4.69, 9.17) is 4.42 Å². The van der Waals surface area contributed by atoms with Gasteiger partial charge in [0.05, 0.1) is 0 Å². The van der Waals surface area contributed by atoms with Crippen molar-refractivity contribution in [2.45, 2.75) is 44.9 Å². The Morgan fingerprint density at radius 2 is 1.85 bits per heavy atom. The fraction of sp³-hybridized carbons (Fsp3) is 0.412. The van der Waals surface area contributed by atoms with Gasteiger partial charge in [-0.25, -0.2) is 4.98 Å². The summed E-state index contributed by atoms with van der Waals surface area (Å²) in [6, 6.07) is 8.44. The number of aryl methyl sites for hydroxylation is 1. The molecule has 0 bridgehead atoms. The number of carbonyl (C=O) groups excluding carboxylic acids is 1. The molecule has 0 atom stereocenters. The van der Waals surface area contributed by atoms with Crippen molar-refractivity contribution >= 4 is 6.29 Å². The van der Waals surface area contributed by atoms with Crippen molar-refractivity contribution in [3.63, 3.8) is 0 Å². The van der Waals surface area contributed by atoms with E-state index in [9.17, 15) is 4.79 Å². The molecule has 3 nitrogen and oxygen atoms in total. The molecular formula is C17H19NO2. The SMILES string of the molecule is Cc1nc(-c2ccc(C3CCCCC3)cc2)c(C=O)o1. The van der Waals surface area contributed by atoms with Crippen LogP contribution in [0.2, 0.25) is 0 Å². The van der Waals surface area contributed by atoms with E-state index in [0.717, 1.165) is 11.8 Å². The first-order valence-electron chi connectivity index (χ1n) is 7.31. The minimum absolute atomic E-state index is 0.313. The molecule has 1 aromatic carbocycles. The number of rotatable bonds is 3. The maximum absolute atomic E-state index is 11.0. The third-order valence-electron chi connectivity index (χ3n) is 4.13. The highest BCUT2D eigenvalue weighted by Crippen LogP contribution is 2.33. The maximum atomic E-state index is 11.0. The number of hydrogen-bond acceptors (Lipinski definition) is 3. The number of oxazole rings is 1. The highest BCUT2D eigenvalue weighted by atomic mass is 16.4. The van der Waals surface area contributed by atoms with Crippen molar-refractivity contribution in [2.75, 3.05) is 0 Å². The lowest BCUT2D eigenvalue weighted by Crippen LogP contribution is -2.04. The summed E-state index contributed by atoms with van der Waals surface area (Å²) in [6.07, 6.45) is 7.36. The second-order valence-corrected chi connectivity index (χ2v) is 5.52. The van der Waals surface area contributed by atoms with Crippen LogP contribution in [0.1, 0.15) is 60.0 Å². The first-order valence-corrected chi connectivity index (χ1v) is 7.31. The van der Waals surface area contributed by atoms with E-state index in [2.05, 4.69) is 17.1 Å². The number of nitrogens with zero attached hydrogens (tertiary/aromatic N) is 1. The lowest BCUT2D eigenvalue weighted by atomic mass is 9.84. The zero-order chi connectivity index (χ0) is 13.9. The molecule has 1 aliphatic carbocycles. The van der Waals surface area contributed by atoms with Crippen molar-refractivity contribution in [1.82, 2.24) is 4.98 Å². The van der Waals surface area contributed by atoms with Gasteiger partial charge in [0, 0.05) is 12.5 Å². The number of aldehydes is 1. The predicted molar refractivity (Wildman–Crippen MR) is 77.9 cm³/mol. The van der Waals surface area contributed by atoms with E-state index >= 15 is 0 Å². The van der Waals surface area contributed by atoms with Gasteiger partial charge in [-0.05, 0) is 24.3 Å². The molecule has 3 heteroatoms. The Morgan fingerprint density at radius 1 is 1.15 bits per heavy atom. The molecule has 104 valence electrons. The van der Waals surface area contributed by atoms with Crippen LogP contribution in [0.15, 0.2) is 28.7 Å². The van der Waals surface area contributed by atoms with Crippen LogP contribution in [0.25, 0.3) is 11.3 Å². The second-order valence-electron chi connectivity index (χ2n) is 5.52. The summed E-state index contributed by atoms with van der Waals surface area (Å²) in [5.74, 6) is 1.54. The first kappa shape index (κ1) is 13.1. The zero-order valence-electron chi connectivity index (χ0n) is 11.8. The van der Waals surface area contributed by atoms with Gasteiger partial charge in [0.15, 0.2) is 17.9 Å². The second kappa shape index (κ2) is 5.61. The molecule has 1 saturated carbocycles. The summed E-state index contributed by atoms with van der Waals surface area (Å²) in [7, 11) is 0. The highest BCUT2D eigenvalue weighted by molar-refractivity contribution is 5.82. The van der Waals surface area contributed by atoms with Crippen LogP contribution in [0.3, 0.4) is 0 Å². The highest BCUT2D eigenvalue weighted by Gasteiger charge is 2.16. The largest absolute Gasteiger partial charge is 0.438 e. The van der Waals surface area contributed by atoms with E-state index in [1.165, 1.54) is 37.7 Å². The average molecular weight is 269 g/mol. The van der Waals surface area contributed by atoms with Crippen molar-refractivity contribution in [3.05, 3.63) is 41.5 Å². The molecule has 0 unspecified atom stereocenters. The van der Waals surface area contributed by atoms with Gasteiger partial charge in [0.2, 0.25) is 0 Å². The van der Waals surface area contributed by atoms with Crippen molar-refractivity contribution in [1.29, 1.82) is 0 Å². The van der Waals surface area contributed by atoms with Gasteiger partial charge in [-0.2, -0.15) is 0 Å². The van der Waals surface area contributed by atoms with Crippen LogP contribution in [-0.2, 0) is 0 Å². The van der Waals surface area contributed by atoms with Crippen molar-refractivity contribution in [2.24, 2.45) is 0 Å². The third-order valence-corrected chi connectivity index (χ3v) is 4.13. The summed E-state index contributed by atoms with van der Waals surface area (Å²) >= 11 is 0. The molecule has 0 aliphatic heterocycles. The van der Waals surface area contributed by atoms with E-state index in [1.807, 2.05) is 12.1 Å². The Kier molecular flexibility index (Phi) is 3.68. The standard InChI is InChI=1S/C17H19NO2/c1-12-18-17(16(11-19)20-12)15-9-7-14(8-10-15)13-5-3-2-4-6-13/h7-11,13H,2-6H2,1H3. The van der Waals surface area contributed by atoms with Crippen LogP contribution < -0.4 is 0 Å². The maximum Gasteiger partial charge on any atom is 0.195 e. The van der Waals surface area contributed by atoms with Crippen molar-refractivity contribution in [3.8, 4) is 11.3 Å². The van der Waals surface area contributed by atoms with E-state index in [0.29, 0.717) is 23.3 Å². The molecule has 3 rings (SSSR count). The molecule has 0 N–H and O–H groups in total. The summed E-state index contributed by atoms with van der Waals surface area (Å²) in [4.78, 5) is 15.3. The third kappa shape index (κ3) is 2.53.